The van der Waals surface area contributed by atoms with Crippen LogP contribution in [0.25, 0.3) is 0 Å². The first-order chi connectivity index (χ1) is 9.38. The van der Waals surface area contributed by atoms with Crippen LogP contribution < -0.4 is 5.32 Å². The normalized spacial score (nSPS) is 23.9. The molecule has 6 heteroatoms. The molecule has 2 atom stereocenters. The van der Waals surface area contributed by atoms with E-state index in [0.29, 0.717) is 12.8 Å². The van der Waals surface area contributed by atoms with E-state index in [9.17, 15) is 22.0 Å². The van der Waals surface area contributed by atoms with Crippen LogP contribution in [0.1, 0.15) is 31.2 Å². The zero-order valence-electron chi connectivity index (χ0n) is 10.8. The molecular weight excluding hydrogens is 277 g/mol. The average Bonchev–Trinajstić information content (AvgIpc) is 2.37. The van der Waals surface area contributed by atoms with Gasteiger partial charge in [-0.3, -0.25) is 0 Å². The van der Waals surface area contributed by atoms with Gasteiger partial charge in [0.05, 0.1) is 5.92 Å². The lowest BCUT2D eigenvalue weighted by molar-refractivity contribution is -0.183. The molecule has 0 heterocycles. The van der Waals surface area contributed by atoms with Crippen molar-refractivity contribution in [3.05, 3.63) is 35.4 Å². The Kier molecular flexibility index (Phi) is 4.62. The van der Waals surface area contributed by atoms with E-state index >= 15 is 0 Å². The molecule has 1 aliphatic carbocycles. The molecule has 0 radical (unpaired) electrons. The molecule has 0 aliphatic heterocycles. The summed E-state index contributed by atoms with van der Waals surface area (Å²) in [6.07, 6.45) is -3.01. The Balaban J connectivity index is 1.94. The Morgan fingerprint density at radius 3 is 2.35 bits per heavy atom. The van der Waals surface area contributed by atoms with Crippen LogP contribution in [0.4, 0.5) is 22.0 Å². The summed E-state index contributed by atoms with van der Waals surface area (Å²) in [5.74, 6) is -2.68. The first-order valence-electron chi connectivity index (χ1n) is 6.61. The van der Waals surface area contributed by atoms with Crippen molar-refractivity contribution < 1.29 is 22.0 Å². The van der Waals surface area contributed by atoms with Crippen molar-refractivity contribution in [2.45, 2.75) is 44.4 Å². The number of halogens is 5. The summed E-state index contributed by atoms with van der Waals surface area (Å²) in [5, 5.41) is 2.84. The summed E-state index contributed by atoms with van der Waals surface area (Å²) < 4.78 is 64.8. The minimum atomic E-state index is -4.19. The molecule has 1 aromatic carbocycles. The summed E-state index contributed by atoms with van der Waals surface area (Å²) in [6.45, 7) is -0.0895. The molecule has 2 rings (SSSR count). The third-order valence-electron chi connectivity index (χ3n) is 3.77. The molecule has 2 unspecified atom stereocenters. The highest BCUT2D eigenvalue weighted by Gasteiger charge is 2.42. The zero-order valence-corrected chi connectivity index (χ0v) is 10.8. The van der Waals surface area contributed by atoms with Gasteiger partial charge in [-0.2, -0.15) is 13.2 Å². The van der Waals surface area contributed by atoms with Crippen molar-refractivity contribution in [2.75, 3.05) is 0 Å². The molecule has 0 saturated heterocycles. The minimum Gasteiger partial charge on any atom is -0.310 e. The van der Waals surface area contributed by atoms with Crippen molar-refractivity contribution in [1.82, 2.24) is 5.32 Å². The molecule has 1 nitrogen and oxygen atoms in total. The highest BCUT2D eigenvalue weighted by molar-refractivity contribution is 5.19. The quantitative estimate of drug-likeness (QED) is 0.825. The molecule has 1 aliphatic rings. The van der Waals surface area contributed by atoms with E-state index in [0.717, 1.165) is 12.1 Å². The number of hydrogen-bond donors (Lipinski definition) is 1. The van der Waals surface area contributed by atoms with Crippen LogP contribution in [0.3, 0.4) is 0 Å². The highest BCUT2D eigenvalue weighted by Crippen LogP contribution is 2.37. The van der Waals surface area contributed by atoms with Crippen LogP contribution in [0.5, 0.6) is 0 Å². The third-order valence-corrected chi connectivity index (χ3v) is 3.77. The Morgan fingerprint density at radius 1 is 1.10 bits per heavy atom. The smallest absolute Gasteiger partial charge is 0.310 e. The molecule has 112 valence electrons. The molecule has 0 bridgehead atoms. The Morgan fingerprint density at radius 2 is 1.75 bits per heavy atom. The van der Waals surface area contributed by atoms with Gasteiger partial charge in [0.25, 0.3) is 0 Å². The predicted octanol–water partition coefficient (Wildman–Crippen LogP) is 4.18. The largest absolute Gasteiger partial charge is 0.391 e. The van der Waals surface area contributed by atoms with Gasteiger partial charge in [0.1, 0.15) is 11.6 Å². The fourth-order valence-electron chi connectivity index (χ4n) is 2.62. The Hall–Kier alpha value is -1.17. The fourth-order valence-corrected chi connectivity index (χ4v) is 2.62. The van der Waals surface area contributed by atoms with Gasteiger partial charge < -0.3 is 5.32 Å². The van der Waals surface area contributed by atoms with Crippen molar-refractivity contribution in [2.24, 2.45) is 5.92 Å². The summed E-state index contributed by atoms with van der Waals surface area (Å²) in [5.41, 5.74) is -0.123. The number of alkyl halides is 3. The second kappa shape index (κ2) is 6.08. The maximum Gasteiger partial charge on any atom is 0.391 e. The third kappa shape index (κ3) is 3.69. The van der Waals surface area contributed by atoms with Gasteiger partial charge in [-0.15, -0.1) is 0 Å². The van der Waals surface area contributed by atoms with E-state index in [1.165, 1.54) is 6.07 Å². The predicted molar refractivity (Wildman–Crippen MR) is 65.0 cm³/mol. The summed E-state index contributed by atoms with van der Waals surface area (Å²) in [7, 11) is 0. The molecule has 1 saturated carbocycles. The monoisotopic (exact) mass is 293 g/mol. The molecule has 1 aromatic rings. The minimum absolute atomic E-state index is 0.0282. The van der Waals surface area contributed by atoms with Crippen molar-refractivity contribution in [3.63, 3.8) is 0 Å². The van der Waals surface area contributed by atoms with Crippen LogP contribution in [0, 0.1) is 17.6 Å². The number of hydrogen-bond acceptors (Lipinski definition) is 1. The lowest BCUT2D eigenvalue weighted by Crippen LogP contribution is -2.38. The second-order valence-electron chi connectivity index (χ2n) is 5.18. The van der Waals surface area contributed by atoms with E-state index < -0.39 is 23.7 Å². The first-order valence-corrected chi connectivity index (χ1v) is 6.61. The van der Waals surface area contributed by atoms with E-state index in [1.807, 2.05) is 0 Å². The fraction of sp³-hybridized carbons (Fsp3) is 0.571. The molecular formula is C14H16F5N. The van der Waals surface area contributed by atoms with Crippen LogP contribution in [-0.2, 0) is 6.54 Å². The van der Waals surface area contributed by atoms with Gasteiger partial charge in [0.2, 0.25) is 0 Å². The Labute approximate surface area is 114 Å². The second-order valence-corrected chi connectivity index (χ2v) is 5.18. The van der Waals surface area contributed by atoms with Crippen LogP contribution in [0.2, 0.25) is 0 Å². The van der Waals surface area contributed by atoms with E-state index in [1.54, 1.807) is 0 Å². The van der Waals surface area contributed by atoms with Crippen LogP contribution in [-0.4, -0.2) is 12.2 Å². The zero-order chi connectivity index (χ0) is 14.8. The first kappa shape index (κ1) is 15.2. The van der Waals surface area contributed by atoms with E-state index in [-0.39, 0.29) is 31.0 Å². The van der Waals surface area contributed by atoms with Gasteiger partial charge in [0, 0.05) is 18.2 Å². The number of nitrogens with one attached hydrogen (secondary N) is 1. The molecule has 0 aromatic heterocycles. The summed E-state index contributed by atoms with van der Waals surface area (Å²) in [4.78, 5) is 0. The van der Waals surface area contributed by atoms with E-state index in [4.69, 9.17) is 0 Å². The molecule has 0 amide bonds. The van der Waals surface area contributed by atoms with Crippen LogP contribution in [0.15, 0.2) is 18.2 Å². The maximum absolute atomic E-state index is 13.4. The van der Waals surface area contributed by atoms with Gasteiger partial charge in [-0.25, -0.2) is 8.78 Å². The summed E-state index contributed by atoms with van der Waals surface area (Å²) >= 11 is 0. The maximum atomic E-state index is 13.4. The van der Waals surface area contributed by atoms with Crippen LogP contribution >= 0.6 is 0 Å². The summed E-state index contributed by atoms with van der Waals surface area (Å²) in [6, 6.07) is 3.18. The van der Waals surface area contributed by atoms with Crippen molar-refractivity contribution in [1.29, 1.82) is 0 Å². The van der Waals surface area contributed by atoms with E-state index in [2.05, 4.69) is 5.32 Å². The number of rotatable bonds is 3. The highest BCUT2D eigenvalue weighted by atomic mass is 19.4. The van der Waals surface area contributed by atoms with Gasteiger partial charge in [-0.05, 0) is 31.4 Å². The van der Waals surface area contributed by atoms with Gasteiger partial charge in [0.15, 0.2) is 0 Å². The molecule has 0 spiro atoms. The molecule has 20 heavy (non-hydrogen) atoms. The lowest BCUT2D eigenvalue weighted by atomic mass is 9.85. The SMILES string of the molecule is Fc1cccc(F)c1CNC1CCCC(C(F)(F)F)C1. The molecule has 1 fully saturated rings. The van der Waals surface area contributed by atoms with Gasteiger partial charge >= 0.3 is 6.18 Å². The van der Waals surface area contributed by atoms with Crippen molar-refractivity contribution >= 4 is 0 Å². The Bertz CT molecular complexity index is 437. The molecule has 1 N–H and O–H groups in total. The van der Waals surface area contributed by atoms with Crippen molar-refractivity contribution in [3.8, 4) is 0 Å². The van der Waals surface area contributed by atoms with Gasteiger partial charge in [-0.1, -0.05) is 12.5 Å². The topological polar surface area (TPSA) is 12.0 Å². The lowest BCUT2D eigenvalue weighted by Gasteiger charge is -2.31. The standard InChI is InChI=1S/C14H16F5N/c15-12-5-2-6-13(16)11(12)8-20-10-4-1-3-9(7-10)14(17,18)19/h2,5-6,9-10,20H,1,3-4,7-8H2. The average molecular weight is 293 g/mol. The number of benzene rings is 1.